The van der Waals surface area contributed by atoms with E-state index in [9.17, 15) is 23.3 Å². The number of carbonyl (C=O) groups is 2. The van der Waals surface area contributed by atoms with Crippen LogP contribution in [0.25, 0.3) is 5.69 Å². The van der Waals surface area contributed by atoms with Crippen LogP contribution >= 0.6 is 7.75 Å². The summed E-state index contributed by atoms with van der Waals surface area (Å²) in [5, 5.41) is 8.48. The number of hydrogen-bond acceptors (Lipinski definition) is 14. The lowest BCUT2D eigenvalue weighted by Gasteiger charge is -2.37. The Balaban J connectivity index is 0.876. The summed E-state index contributed by atoms with van der Waals surface area (Å²) in [6.07, 6.45) is 1.65. The lowest BCUT2D eigenvalue weighted by atomic mass is 9.87. The monoisotopic (exact) mass is 939 g/mol. The number of esters is 1. The van der Waals surface area contributed by atoms with E-state index < -0.39 is 67.8 Å². The molecular weight excluding hydrogens is 887 g/mol. The number of rotatable bonds is 18. The molecule has 2 aliphatic rings. The molecule has 0 amide bonds. The minimum absolute atomic E-state index is 0.0526. The summed E-state index contributed by atoms with van der Waals surface area (Å²) in [6, 6.07) is 18.3. The molecule has 2 fully saturated rings. The summed E-state index contributed by atoms with van der Waals surface area (Å²) < 4.78 is 72.4. The number of hydrogen-bond donors (Lipinski definition) is 2. The zero-order valence-electron chi connectivity index (χ0n) is 36.8. The Kier molecular flexibility index (Phi) is 14.9. The molecular formula is C43H52F2N9O11P. The fourth-order valence-electron chi connectivity index (χ4n) is 8.14. The second kappa shape index (κ2) is 20.5. The summed E-state index contributed by atoms with van der Waals surface area (Å²) >= 11 is 0. The molecule has 2 aliphatic heterocycles. The molecule has 0 bridgehead atoms. The molecule has 0 spiro atoms. The number of anilines is 2. The molecule has 66 heavy (non-hydrogen) atoms. The van der Waals surface area contributed by atoms with Gasteiger partial charge in [0, 0.05) is 62.0 Å². The second-order valence-electron chi connectivity index (χ2n) is 16.2. The molecule has 20 nitrogen and oxygen atoms in total. The summed E-state index contributed by atoms with van der Waals surface area (Å²) in [4.78, 5) is 64.8. The van der Waals surface area contributed by atoms with E-state index >= 15 is 4.39 Å². The first-order valence-electron chi connectivity index (χ1n) is 21.3. The molecule has 0 saturated carbocycles. The van der Waals surface area contributed by atoms with Gasteiger partial charge in [-0.05, 0) is 81.4 Å². The van der Waals surface area contributed by atoms with Crippen LogP contribution in [0.1, 0.15) is 45.2 Å². The van der Waals surface area contributed by atoms with E-state index in [1.54, 1.807) is 18.5 Å². The zero-order valence-corrected chi connectivity index (χ0v) is 37.7. The van der Waals surface area contributed by atoms with E-state index in [-0.39, 0.29) is 18.0 Å². The molecule has 1 unspecified atom stereocenters. The second-order valence-corrected chi connectivity index (χ2v) is 17.9. The minimum Gasteiger partial charge on any atom is -0.493 e. The molecule has 0 aliphatic carbocycles. The summed E-state index contributed by atoms with van der Waals surface area (Å²) in [5.74, 6) is -1.73. The maximum Gasteiger partial charge on any atom is 0.511 e. The van der Waals surface area contributed by atoms with Gasteiger partial charge in [0.25, 0.3) is 0 Å². The van der Waals surface area contributed by atoms with Crippen molar-refractivity contribution in [2.45, 2.75) is 64.2 Å². The van der Waals surface area contributed by atoms with Crippen molar-refractivity contribution >= 4 is 31.2 Å². The highest BCUT2D eigenvalue weighted by Crippen LogP contribution is 2.42. The third-order valence-electron chi connectivity index (χ3n) is 11.6. The first-order chi connectivity index (χ1) is 31.5. The quantitative estimate of drug-likeness (QED) is 0.0694. The topological polar surface area (TPSA) is 218 Å². The largest absolute Gasteiger partial charge is 0.511 e. The van der Waals surface area contributed by atoms with Gasteiger partial charge in [-0.2, -0.15) is 10.2 Å². The Morgan fingerprint density at radius 3 is 2.18 bits per heavy atom. The number of aromatic nitrogens is 6. The summed E-state index contributed by atoms with van der Waals surface area (Å²) in [7, 11) is -3.63. The normalized spacial score (nSPS) is 19.1. The van der Waals surface area contributed by atoms with Crippen molar-refractivity contribution in [3.63, 3.8) is 0 Å². The van der Waals surface area contributed by atoms with E-state index in [4.69, 9.17) is 33.5 Å². The van der Waals surface area contributed by atoms with Gasteiger partial charge >= 0.3 is 25.6 Å². The van der Waals surface area contributed by atoms with Crippen molar-refractivity contribution in [3.8, 4) is 11.4 Å². The predicted molar refractivity (Wildman–Crippen MR) is 233 cm³/mol. The minimum atomic E-state index is -4.66. The van der Waals surface area contributed by atoms with Gasteiger partial charge in [-0.3, -0.25) is 4.79 Å². The number of piperazine rings is 1. The predicted octanol–water partition coefficient (Wildman–Crippen LogP) is 4.65. The van der Waals surface area contributed by atoms with Gasteiger partial charge in [0.05, 0.1) is 31.5 Å². The highest BCUT2D eigenvalue weighted by Gasteiger charge is 2.45. The smallest absolute Gasteiger partial charge is 0.493 e. The number of benzene rings is 3. The van der Waals surface area contributed by atoms with Gasteiger partial charge in [0.15, 0.2) is 0 Å². The van der Waals surface area contributed by atoms with E-state index in [1.165, 1.54) is 47.3 Å². The maximum atomic E-state index is 15.0. The van der Waals surface area contributed by atoms with Crippen molar-refractivity contribution in [1.82, 2.24) is 33.8 Å². The van der Waals surface area contributed by atoms with Crippen molar-refractivity contribution in [1.29, 1.82) is 0 Å². The van der Waals surface area contributed by atoms with Crippen LogP contribution < -0.4 is 20.2 Å². The van der Waals surface area contributed by atoms with Gasteiger partial charge in [-0.25, -0.2) is 46.5 Å². The van der Waals surface area contributed by atoms with Crippen molar-refractivity contribution in [2.75, 3.05) is 62.8 Å². The lowest BCUT2D eigenvalue weighted by Crippen LogP contribution is -2.46. The summed E-state index contributed by atoms with van der Waals surface area (Å²) in [6.45, 7) is 7.82. The van der Waals surface area contributed by atoms with Gasteiger partial charge in [0.1, 0.15) is 54.6 Å². The van der Waals surface area contributed by atoms with Crippen LogP contribution in [-0.4, -0.2) is 121 Å². The van der Waals surface area contributed by atoms with Crippen LogP contribution in [0, 0.1) is 17.6 Å². The van der Waals surface area contributed by atoms with Crippen LogP contribution in [0.4, 0.5) is 25.0 Å². The van der Waals surface area contributed by atoms with Crippen molar-refractivity contribution < 1.29 is 56.4 Å². The zero-order chi connectivity index (χ0) is 47.2. The van der Waals surface area contributed by atoms with E-state index in [0.29, 0.717) is 42.2 Å². The fraction of sp³-hybridized carbons (Fsp3) is 0.442. The molecule has 0 radical (unpaired) electrons. The number of likely N-dealkylation sites (N-methyl/N-ethyl adjacent to an activating group) is 1. The SMILES string of the molecule is CC[C@@H]([C@H](C)OC(=O)OC(C)OC(=O)CN(C)P(=O)(O)O)n1ncn(-c2ccc(N3CCN(c4ccc(OC[C@@H]5CO[C@@](Cn6cncn6)(c6ccc(F)cc6F)C5)cc4)CC3)cc2)c1=O. The van der Waals surface area contributed by atoms with Crippen LogP contribution in [-0.2, 0) is 40.5 Å². The molecule has 5 atom stereocenters. The molecule has 5 aromatic rings. The van der Waals surface area contributed by atoms with Gasteiger partial charge in [0.2, 0.25) is 6.29 Å². The van der Waals surface area contributed by atoms with Gasteiger partial charge in [-0.15, -0.1) is 0 Å². The number of halogens is 2. The third kappa shape index (κ3) is 11.4. The van der Waals surface area contributed by atoms with Crippen LogP contribution in [0.5, 0.6) is 5.75 Å². The average molecular weight is 940 g/mol. The molecule has 23 heteroatoms. The Hall–Kier alpha value is -6.19. The van der Waals surface area contributed by atoms with Gasteiger partial charge < -0.3 is 43.3 Å². The molecule has 4 heterocycles. The van der Waals surface area contributed by atoms with Crippen LogP contribution in [0.3, 0.4) is 0 Å². The van der Waals surface area contributed by atoms with Crippen molar-refractivity contribution in [2.24, 2.45) is 5.92 Å². The van der Waals surface area contributed by atoms with E-state index in [0.717, 1.165) is 50.7 Å². The standard InChI is InChI=1S/C43H52F2N9O11P/c1-5-39(29(2)63-42(57)65-30(3)64-40(55)22-49(4)66(58,59)60)54-41(56)53(28-48-54)35-9-7-33(8-10-35)50-16-18-51(19-17-50)34-11-13-36(14-12-34)61-23-31-21-43(62-24-31,25-52-27-46-26-47-52)37-15-6-32(44)20-38(37)45/h6-15,20,26-31,39H,5,16-19,21-25H2,1-4H3,(H2,58,59,60)/t29-,30?,31+,39-,43-/m0/s1. The third-order valence-corrected chi connectivity index (χ3v) is 12.6. The van der Waals surface area contributed by atoms with E-state index in [1.807, 2.05) is 48.5 Å². The first-order valence-corrected chi connectivity index (χ1v) is 22.8. The highest BCUT2D eigenvalue weighted by molar-refractivity contribution is 7.49. The van der Waals surface area contributed by atoms with Crippen molar-refractivity contribution in [3.05, 3.63) is 113 Å². The summed E-state index contributed by atoms with van der Waals surface area (Å²) in [5.41, 5.74) is 1.40. The Morgan fingerprint density at radius 2 is 1.58 bits per heavy atom. The van der Waals surface area contributed by atoms with E-state index in [2.05, 4.69) is 25.0 Å². The van der Waals surface area contributed by atoms with Gasteiger partial charge in [-0.1, -0.05) is 13.0 Å². The van der Waals surface area contributed by atoms with Crippen LogP contribution in [0.15, 0.2) is 90.5 Å². The number of nitrogens with zero attached hydrogens (tertiary/aromatic N) is 9. The first kappa shape index (κ1) is 47.8. The highest BCUT2D eigenvalue weighted by atomic mass is 31.2. The Labute approximate surface area is 378 Å². The molecule has 2 N–H and O–H groups in total. The lowest BCUT2D eigenvalue weighted by molar-refractivity contribution is -0.169. The Morgan fingerprint density at radius 1 is 0.924 bits per heavy atom. The van der Waals surface area contributed by atoms with Crippen LogP contribution in [0.2, 0.25) is 0 Å². The molecule has 2 saturated heterocycles. The molecule has 7 rings (SSSR count). The molecule has 354 valence electrons. The molecule has 3 aromatic carbocycles. The maximum absolute atomic E-state index is 15.0. The number of ether oxygens (including phenoxy) is 5. The average Bonchev–Trinajstić information content (AvgIpc) is 4.04. The fourth-order valence-corrected chi connectivity index (χ4v) is 8.44. The number of carbonyl (C=O) groups excluding carboxylic acids is 2. The Bertz CT molecular complexity index is 2530. The molecule has 2 aromatic heterocycles.